The number of aromatic nitrogens is 3. The molecule has 0 spiro atoms. The lowest BCUT2D eigenvalue weighted by molar-refractivity contribution is 0.00794. The molecule has 192 valence electrons. The number of aliphatic hydroxyl groups is 1. The van der Waals surface area contributed by atoms with E-state index in [1.165, 1.54) is 6.07 Å². The minimum atomic E-state index is -2.26. The van der Waals surface area contributed by atoms with Crippen molar-refractivity contribution in [2.24, 2.45) is 4.36 Å². The van der Waals surface area contributed by atoms with Gasteiger partial charge in [0.2, 0.25) is 0 Å². The second-order valence-corrected chi connectivity index (χ2v) is 12.0. The van der Waals surface area contributed by atoms with Gasteiger partial charge in [-0.2, -0.15) is 4.36 Å². The van der Waals surface area contributed by atoms with E-state index in [9.17, 15) is 9.32 Å². The Balaban J connectivity index is 1.22. The lowest BCUT2D eigenvalue weighted by atomic mass is 10.1. The first-order valence-electron chi connectivity index (χ1n) is 11.7. The van der Waals surface area contributed by atoms with E-state index in [1.54, 1.807) is 49.0 Å². The third-order valence-corrected chi connectivity index (χ3v) is 6.97. The van der Waals surface area contributed by atoms with E-state index in [2.05, 4.69) is 19.3 Å². The predicted molar refractivity (Wildman–Crippen MR) is 137 cm³/mol. The van der Waals surface area contributed by atoms with E-state index in [0.29, 0.717) is 34.8 Å². The third kappa shape index (κ3) is 4.82. The smallest absolute Gasteiger partial charge is 0.193 e. The average Bonchev–Trinajstić information content (AvgIpc) is 3.55. The minimum Gasteiger partial charge on any atom is -0.470 e. The van der Waals surface area contributed by atoms with Gasteiger partial charge >= 0.3 is 0 Å². The summed E-state index contributed by atoms with van der Waals surface area (Å²) in [6.07, 6.45) is 2.94. The Hall–Kier alpha value is -3.38. The molecule has 0 bridgehead atoms. The maximum absolute atomic E-state index is 15.0. The van der Waals surface area contributed by atoms with Crippen LogP contribution in [0.5, 0.6) is 5.88 Å². The van der Waals surface area contributed by atoms with Gasteiger partial charge in [0.05, 0.1) is 41.8 Å². The van der Waals surface area contributed by atoms with E-state index in [4.69, 9.17) is 14.2 Å². The van der Waals surface area contributed by atoms with Gasteiger partial charge in [0.1, 0.15) is 24.0 Å². The molecular formula is C26H25FN4O5S. The topological polar surface area (TPSA) is 119 Å². The molecule has 0 radical (unpaired) electrons. The number of hydrogen-bond donors (Lipinski definition) is 2. The number of aliphatic hydroxyl groups excluding tert-OH is 1. The normalized spacial score (nSPS) is 23.4. The van der Waals surface area contributed by atoms with Gasteiger partial charge in [-0.05, 0) is 12.1 Å². The summed E-state index contributed by atoms with van der Waals surface area (Å²) in [5.74, 6) is -0.0381. The van der Waals surface area contributed by atoms with E-state index < -0.39 is 27.8 Å². The van der Waals surface area contributed by atoms with Crippen molar-refractivity contribution in [2.75, 3.05) is 25.7 Å². The molecule has 3 aromatic heterocycles. The number of ether oxygens (including phenoxy) is 3. The van der Waals surface area contributed by atoms with Crippen LogP contribution in [0.2, 0.25) is 0 Å². The summed E-state index contributed by atoms with van der Waals surface area (Å²) in [6.45, 7) is 0.514. The van der Waals surface area contributed by atoms with Gasteiger partial charge in [-0.25, -0.2) is 13.6 Å². The van der Waals surface area contributed by atoms with E-state index in [-0.39, 0.29) is 24.5 Å². The zero-order valence-electron chi connectivity index (χ0n) is 20.1. The fourth-order valence-corrected chi connectivity index (χ4v) is 5.26. The van der Waals surface area contributed by atoms with Crippen molar-refractivity contribution in [2.45, 2.75) is 24.4 Å². The van der Waals surface area contributed by atoms with Crippen LogP contribution < -0.4 is 4.74 Å². The van der Waals surface area contributed by atoms with Crippen molar-refractivity contribution in [1.29, 1.82) is 0 Å². The number of H-pyrrole nitrogens is 1. The molecule has 0 unspecified atom stereocenters. The number of benzene rings is 1. The molecule has 1 aromatic carbocycles. The highest BCUT2D eigenvalue weighted by molar-refractivity contribution is 7.92. The molecule has 0 saturated carbocycles. The van der Waals surface area contributed by atoms with Crippen LogP contribution in [0.25, 0.3) is 33.5 Å². The number of hydrogen-bond acceptors (Lipinski definition) is 8. The molecule has 0 aliphatic carbocycles. The number of rotatable bonds is 5. The zero-order valence-corrected chi connectivity index (χ0v) is 20.9. The summed E-state index contributed by atoms with van der Waals surface area (Å²) in [5, 5.41) is 9.91. The number of nitrogens with zero attached hydrogens (tertiary/aromatic N) is 3. The van der Waals surface area contributed by atoms with Crippen LogP contribution in [0.15, 0.2) is 59.1 Å². The molecule has 0 amide bonds. The molecule has 9 nitrogen and oxygen atoms in total. The SMILES string of the molecule is CS(C)(=O)=Nc1ccc(-c2ccc(-c3nc4cc(O[C@@H]5CO[C@H]6[C@@H]5OC[C@H]6O)[nH]c4cc3F)cc2)nc1. The molecule has 11 heteroatoms. The maximum Gasteiger partial charge on any atom is 0.193 e. The highest BCUT2D eigenvalue weighted by Crippen LogP contribution is 2.32. The monoisotopic (exact) mass is 524 g/mol. The zero-order chi connectivity index (χ0) is 25.7. The highest BCUT2D eigenvalue weighted by Gasteiger charge is 2.48. The van der Waals surface area contributed by atoms with Crippen LogP contribution in [-0.4, -0.2) is 74.4 Å². The Morgan fingerprint density at radius 3 is 2.57 bits per heavy atom. The highest BCUT2D eigenvalue weighted by atomic mass is 32.2. The number of pyridine rings is 2. The van der Waals surface area contributed by atoms with Gasteiger partial charge < -0.3 is 24.3 Å². The lowest BCUT2D eigenvalue weighted by Crippen LogP contribution is -2.34. The van der Waals surface area contributed by atoms with Crippen molar-refractivity contribution < 1.29 is 27.9 Å². The molecule has 2 N–H and O–H groups in total. The van der Waals surface area contributed by atoms with E-state index in [1.807, 2.05) is 12.1 Å². The van der Waals surface area contributed by atoms with E-state index >= 15 is 4.39 Å². The summed E-state index contributed by atoms with van der Waals surface area (Å²) in [6, 6.07) is 14.0. The van der Waals surface area contributed by atoms with Crippen molar-refractivity contribution in [3.05, 3.63) is 60.5 Å². The van der Waals surface area contributed by atoms with Gasteiger partial charge in [0.15, 0.2) is 17.8 Å². The molecule has 4 aromatic rings. The Morgan fingerprint density at radius 2 is 1.84 bits per heavy atom. The molecular weight excluding hydrogens is 499 g/mol. The first-order valence-corrected chi connectivity index (χ1v) is 14.1. The number of aromatic amines is 1. The first-order chi connectivity index (χ1) is 17.7. The van der Waals surface area contributed by atoms with Crippen LogP contribution in [0.3, 0.4) is 0 Å². The van der Waals surface area contributed by atoms with Crippen molar-refractivity contribution >= 4 is 26.4 Å². The largest absolute Gasteiger partial charge is 0.470 e. The Kier molecular flexibility index (Phi) is 5.95. The molecule has 4 atom stereocenters. The quantitative estimate of drug-likeness (QED) is 0.409. The van der Waals surface area contributed by atoms with Crippen molar-refractivity contribution in [3.8, 4) is 28.4 Å². The minimum absolute atomic E-state index is 0.217. The molecule has 2 aliphatic rings. The summed E-state index contributed by atoms with van der Waals surface area (Å²) >= 11 is 0. The van der Waals surface area contributed by atoms with Gasteiger partial charge in [0, 0.05) is 45.5 Å². The first kappa shape index (κ1) is 24.0. The Bertz CT molecular complexity index is 1570. The Morgan fingerprint density at radius 1 is 1.08 bits per heavy atom. The van der Waals surface area contributed by atoms with E-state index in [0.717, 1.165) is 11.3 Å². The molecule has 5 heterocycles. The van der Waals surface area contributed by atoms with Gasteiger partial charge in [0.25, 0.3) is 0 Å². The Labute approximate surface area is 212 Å². The van der Waals surface area contributed by atoms with Crippen LogP contribution in [0.4, 0.5) is 10.1 Å². The second-order valence-electron chi connectivity index (χ2n) is 9.46. The summed E-state index contributed by atoms with van der Waals surface area (Å²) in [5.41, 5.74) is 4.03. The van der Waals surface area contributed by atoms with Crippen molar-refractivity contribution in [1.82, 2.24) is 15.0 Å². The molecule has 37 heavy (non-hydrogen) atoms. The van der Waals surface area contributed by atoms with Crippen molar-refractivity contribution in [3.63, 3.8) is 0 Å². The summed E-state index contributed by atoms with van der Waals surface area (Å²) in [7, 11) is -2.26. The lowest BCUT2D eigenvalue weighted by Gasteiger charge is -2.16. The van der Waals surface area contributed by atoms with Gasteiger partial charge in [-0.1, -0.05) is 24.3 Å². The third-order valence-electron chi connectivity index (χ3n) is 6.32. The predicted octanol–water partition coefficient (Wildman–Crippen LogP) is 3.70. The van der Waals surface area contributed by atoms with Crippen LogP contribution in [0, 0.1) is 5.82 Å². The van der Waals surface area contributed by atoms with Gasteiger partial charge in [-0.3, -0.25) is 4.98 Å². The standard InChI is InChI=1S/C26H25FN4O5S/c1-37(2,33)31-16-7-8-18(28-11-16)14-3-5-15(6-4-14)24-17(27)9-19-20(30-24)10-23(29-19)36-22-13-35-25-21(32)12-34-26(22)25/h3-11,21-22,25-26,29,32H,12-13H2,1-2H3/t21-,22-,25-,26-/m1/s1. The molecule has 2 aliphatic heterocycles. The fourth-order valence-electron chi connectivity index (χ4n) is 4.64. The number of nitrogens with one attached hydrogen (secondary N) is 1. The number of halogens is 1. The number of fused-ring (bicyclic) bond motifs is 2. The summed E-state index contributed by atoms with van der Waals surface area (Å²) < 4.78 is 48.2. The van der Waals surface area contributed by atoms with Crippen LogP contribution in [0.1, 0.15) is 0 Å². The summed E-state index contributed by atoms with van der Waals surface area (Å²) in [4.78, 5) is 12.0. The second kappa shape index (κ2) is 9.18. The van der Waals surface area contributed by atoms with Crippen LogP contribution >= 0.6 is 0 Å². The molecule has 6 rings (SSSR count). The van der Waals surface area contributed by atoms with Gasteiger partial charge in [-0.15, -0.1) is 0 Å². The average molecular weight is 525 g/mol. The molecule has 2 saturated heterocycles. The fraction of sp³-hybridized carbons (Fsp3) is 0.308. The van der Waals surface area contributed by atoms with Crippen LogP contribution in [-0.2, 0) is 19.2 Å². The maximum atomic E-state index is 15.0. The molecule has 2 fully saturated rings.